The predicted octanol–water partition coefficient (Wildman–Crippen LogP) is 3.04. The first-order valence-corrected chi connectivity index (χ1v) is 9.43. The zero-order chi connectivity index (χ0) is 21.5. The van der Waals surface area contributed by atoms with E-state index in [4.69, 9.17) is 29.4 Å². The van der Waals surface area contributed by atoms with E-state index in [1.807, 2.05) is 30.3 Å². The molecule has 31 heavy (non-hydrogen) atoms. The van der Waals surface area contributed by atoms with Crippen LogP contribution in [0.1, 0.15) is 17.0 Å². The Hall–Kier alpha value is -4.32. The lowest BCUT2D eigenvalue weighted by Gasteiger charge is -2.26. The first kappa shape index (κ1) is 18.7. The van der Waals surface area contributed by atoms with E-state index in [0.29, 0.717) is 45.7 Å². The van der Waals surface area contributed by atoms with Crippen molar-refractivity contribution in [2.45, 2.75) is 5.92 Å². The van der Waals surface area contributed by atoms with Gasteiger partial charge in [0.2, 0.25) is 18.6 Å². The van der Waals surface area contributed by atoms with E-state index in [0.717, 1.165) is 5.56 Å². The van der Waals surface area contributed by atoms with Crippen LogP contribution >= 0.6 is 0 Å². The number of nitriles is 1. The number of nitrogens with two attached hydrogens (primary N) is 1. The van der Waals surface area contributed by atoms with E-state index in [9.17, 15) is 5.26 Å². The van der Waals surface area contributed by atoms with E-state index in [1.54, 1.807) is 20.3 Å². The van der Waals surface area contributed by atoms with Gasteiger partial charge in [0, 0.05) is 11.1 Å². The zero-order valence-electron chi connectivity index (χ0n) is 16.8. The van der Waals surface area contributed by atoms with Crippen molar-refractivity contribution in [2.75, 3.05) is 21.0 Å². The van der Waals surface area contributed by atoms with Gasteiger partial charge in [-0.2, -0.15) is 5.26 Å². The Balaban J connectivity index is 1.74. The third-order valence-electron chi connectivity index (χ3n) is 5.34. The molecule has 0 saturated heterocycles. The highest BCUT2D eigenvalue weighted by Crippen LogP contribution is 2.50. The highest BCUT2D eigenvalue weighted by molar-refractivity contribution is 5.74. The van der Waals surface area contributed by atoms with Gasteiger partial charge in [-0.3, -0.25) is 5.10 Å². The Morgan fingerprint density at radius 1 is 1.16 bits per heavy atom. The van der Waals surface area contributed by atoms with Gasteiger partial charge in [-0.05, 0) is 24.3 Å². The molecule has 1 aromatic heterocycles. The number of hydrogen-bond donors (Lipinski definition) is 2. The van der Waals surface area contributed by atoms with Crippen molar-refractivity contribution in [2.24, 2.45) is 5.73 Å². The molecule has 2 aromatic carbocycles. The van der Waals surface area contributed by atoms with Crippen LogP contribution in [-0.2, 0) is 0 Å². The number of methoxy groups -OCH3 is 2. The van der Waals surface area contributed by atoms with Crippen molar-refractivity contribution in [3.8, 4) is 46.2 Å². The number of benzene rings is 2. The number of aromatic amines is 1. The molecule has 0 saturated carbocycles. The fourth-order valence-corrected chi connectivity index (χ4v) is 3.97. The number of nitrogens with zero attached hydrogens (tertiary/aromatic N) is 2. The van der Waals surface area contributed by atoms with Crippen LogP contribution in [0.2, 0.25) is 0 Å². The molecule has 2 aliphatic rings. The number of allylic oxidation sites excluding steroid dienone is 1. The van der Waals surface area contributed by atoms with Crippen molar-refractivity contribution in [1.29, 1.82) is 5.26 Å². The van der Waals surface area contributed by atoms with Gasteiger partial charge < -0.3 is 29.4 Å². The van der Waals surface area contributed by atoms with Gasteiger partial charge in [0.05, 0.1) is 31.4 Å². The van der Waals surface area contributed by atoms with Crippen LogP contribution in [0.4, 0.5) is 0 Å². The van der Waals surface area contributed by atoms with E-state index in [2.05, 4.69) is 16.3 Å². The minimum Gasteiger partial charge on any atom is -0.493 e. The molecule has 0 bridgehead atoms. The first-order chi connectivity index (χ1) is 15.2. The Kier molecular flexibility index (Phi) is 4.33. The maximum atomic E-state index is 9.93. The van der Waals surface area contributed by atoms with Crippen molar-refractivity contribution in [3.63, 3.8) is 0 Å². The van der Waals surface area contributed by atoms with Crippen molar-refractivity contribution < 1.29 is 23.7 Å². The second kappa shape index (κ2) is 7.18. The third kappa shape index (κ3) is 2.80. The van der Waals surface area contributed by atoms with Crippen LogP contribution < -0.4 is 29.4 Å². The zero-order valence-corrected chi connectivity index (χ0v) is 16.8. The quantitative estimate of drug-likeness (QED) is 0.662. The molecular weight excluding hydrogens is 400 g/mol. The number of rotatable bonds is 4. The summed E-state index contributed by atoms with van der Waals surface area (Å²) in [5, 5.41) is 17.3. The Morgan fingerprint density at radius 2 is 2.00 bits per heavy atom. The molecular formula is C22H18N4O5. The molecule has 0 amide bonds. The Morgan fingerprint density at radius 3 is 2.77 bits per heavy atom. The molecule has 2 aliphatic heterocycles. The minimum absolute atomic E-state index is 0.00592. The van der Waals surface area contributed by atoms with Gasteiger partial charge >= 0.3 is 0 Å². The summed E-state index contributed by atoms with van der Waals surface area (Å²) in [6, 6.07) is 13.2. The molecule has 0 fully saturated rings. The average Bonchev–Trinajstić information content (AvgIpc) is 3.43. The Bertz CT molecular complexity index is 1260. The topological polar surface area (TPSA) is 125 Å². The summed E-state index contributed by atoms with van der Waals surface area (Å²) in [5.41, 5.74) is 9.17. The van der Waals surface area contributed by atoms with Gasteiger partial charge in [-0.25, -0.2) is 0 Å². The number of ether oxygens (including phenoxy) is 5. The normalized spacial score (nSPS) is 16.4. The molecule has 9 nitrogen and oxygen atoms in total. The van der Waals surface area contributed by atoms with Crippen molar-refractivity contribution in [3.05, 3.63) is 59.0 Å². The van der Waals surface area contributed by atoms with Crippen LogP contribution in [-0.4, -0.2) is 31.2 Å². The molecule has 9 heteroatoms. The van der Waals surface area contributed by atoms with Gasteiger partial charge in [0.1, 0.15) is 11.6 Å². The third-order valence-corrected chi connectivity index (χ3v) is 5.34. The number of fused-ring (bicyclic) bond motifs is 2. The molecule has 1 atom stereocenters. The number of H-pyrrole nitrogens is 1. The number of para-hydroxylation sites is 1. The largest absolute Gasteiger partial charge is 0.493 e. The maximum Gasteiger partial charge on any atom is 0.244 e. The fraction of sp³-hybridized carbons (Fsp3) is 0.182. The summed E-state index contributed by atoms with van der Waals surface area (Å²) in [6.07, 6.45) is 0. The summed E-state index contributed by atoms with van der Waals surface area (Å²) in [4.78, 5) is 0. The van der Waals surface area contributed by atoms with Crippen LogP contribution in [0, 0.1) is 11.3 Å². The molecule has 0 radical (unpaired) electrons. The maximum absolute atomic E-state index is 9.93. The predicted molar refractivity (Wildman–Crippen MR) is 109 cm³/mol. The van der Waals surface area contributed by atoms with Crippen molar-refractivity contribution >= 4 is 0 Å². The molecule has 3 N–H and O–H groups in total. The summed E-state index contributed by atoms with van der Waals surface area (Å²) in [7, 11) is 3.11. The average molecular weight is 418 g/mol. The number of aromatic nitrogens is 2. The molecule has 156 valence electrons. The number of nitrogens with one attached hydrogen (secondary N) is 1. The van der Waals surface area contributed by atoms with Crippen LogP contribution in [0.15, 0.2) is 47.9 Å². The molecule has 3 heterocycles. The highest BCUT2D eigenvalue weighted by Gasteiger charge is 2.38. The van der Waals surface area contributed by atoms with E-state index < -0.39 is 5.92 Å². The SMILES string of the molecule is COc1cccc([C@@H]2C(C#N)=C(N)Oc3n[nH]c(-c4ccc5c(c4)OCO5)c32)c1OC. The molecule has 5 rings (SSSR count). The highest BCUT2D eigenvalue weighted by atomic mass is 16.7. The minimum atomic E-state index is -0.585. The summed E-state index contributed by atoms with van der Waals surface area (Å²) in [6.45, 7) is 0.171. The van der Waals surface area contributed by atoms with Crippen LogP contribution in [0.5, 0.6) is 28.9 Å². The van der Waals surface area contributed by atoms with Gasteiger partial charge in [-0.15, -0.1) is 5.10 Å². The second-order valence-corrected chi connectivity index (χ2v) is 6.89. The lowest BCUT2D eigenvalue weighted by molar-refractivity contribution is 0.174. The van der Waals surface area contributed by atoms with Crippen LogP contribution in [0.25, 0.3) is 11.3 Å². The Labute approximate surface area is 177 Å². The molecule has 0 spiro atoms. The second-order valence-electron chi connectivity index (χ2n) is 6.89. The van der Waals surface area contributed by atoms with Gasteiger partial charge in [0.15, 0.2) is 23.0 Å². The van der Waals surface area contributed by atoms with Gasteiger partial charge in [-0.1, -0.05) is 12.1 Å². The summed E-state index contributed by atoms with van der Waals surface area (Å²) < 4.78 is 27.7. The summed E-state index contributed by atoms with van der Waals surface area (Å²) >= 11 is 0. The van der Waals surface area contributed by atoms with Crippen LogP contribution in [0.3, 0.4) is 0 Å². The molecule has 3 aromatic rings. The van der Waals surface area contributed by atoms with Crippen molar-refractivity contribution in [1.82, 2.24) is 10.2 Å². The lowest BCUT2D eigenvalue weighted by atomic mass is 9.82. The van der Waals surface area contributed by atoms with E-state index in [1.165, 1.54) is 0 Å². The van der Waals surface area contributed by atoms with Gasteiger partial charge in [0.25, 0.3) is 0 Å². The molecule has 0 aliphatic carbocycles. The van der Waals surface area contributed by atoms with E-state index >= 15 is 0 Å². The lowest BCUT2D eigenvalue weighted by Crippen LogP contribution is -2.21. The standard InChI is InChI=1S/C22H18N4O5/c1-27-15-5-3-4-12(20(15)28-2)17-13(9-23)21(24)31-22-18(17)19(25-26-22)11-6-7-14-16(8-11)30-10-29-14/h3-8,17H,10,24H2,1-2H3,(H,25,26)/t17-/m1/s1. The summed E-state index contributed by atoms with van der Waals surface area (Å²) in [5.74, 6) is 2.04. The molecule has 0 unspecified atom stereocenters. The van der Waals surface area contributed by atoms with E-state index in [-0.39, 0.29) is 18.2 Å². The monoisotopic (exact) mass is 418 g/mol. The number of hydrogen-bond acceptors (Lipinski definition) is 8. The first-order valence-electron chi connectivity index (χ1n) is 9.43. The smallest absolute Gasteiger partial charge is 0.244 e. The fourth-order valence-electron chi connectivity index (χ4n) is 3.97.